The van der Waals surface area contributed by atoms with E-state index in [1.165, 1.54) is 12.4 Å². The molecule has 8 heteroatoms. The predicted octanol–water partition coefficient (Wildman–Crippen LogP) is 3.03. The number of benzene rings is 1. The minimum absolute atomic E-state index is 0.0377. The van der Waals surface area contributed by atoms with Gasteiger partial charge in [0.25, 0.3) is 5.69 Å². The maximum Gasteiger partial charge on any atom is 0.276 e. The van der Waals surface area contributed by atoms with Crippen LogP contribution in [0.3, 0.4) is 0 Å². The van der Waals surface area contributed by atoms with Gasteiger partial charge in [-0.15, -0.1) is 0 Å². The molecular weight excluding hydrogens is 284 g/mol. The monoisotopic (exact) mass is 294 g/mol. The van der Waals surface area contributed by atoms with Crippen molar-refractivity contribution in [2.45, 2.75) is 13.8 Å². The van der Waals surface area contributed by atoms with E-state index in [1.54, 1.807) is 19.9 Å². The molecule has 0 unspecified atom stereocenters. The zero-order valence-electron chi connectivity index (χ0n) is 10.8. The zero-order chi connectivity index (χ0) is 14.9. The van der Waals surface area contributed by atoms with E-state index in [1.807, 2.05) is 0 Å². The van der Waals surface area contributed by atoms with Gasteiger partial charge in [0, 0.05) is 5.56 Å². The van der Waals surface area contributed by atoms with Gasteiger partial charge in [0.1, 0.15) is 17.8 Å². The van der Waals surface area contributed by atoms with Gasteiger partial charge in [-0.25, -0.2) is 4.98 Å². The summed E-state index contributed by atoms with van der Waals surface area (Å²) in [5.41, 5.74) is 7.01. The van der Waals surface area contributed by atoms with Gasteiger partial charge in [-0.1, -0.05) is 11.6 Å². The number of anilines is 1. The fraction of sp³-hybridized carbons (Fsp3) is 0.167. The predicted molar refractivity (Wildman–Crippen MR) is 74.1 cm³/mol. The largest absolute Gasteiger partial charge is 0.436 e. The van der Waals surface area contributed by atoms with E-state index in [-0.39, 0.29) is 22.4 Å². The second kappa shape index (κ2) is 5.30. The smallest absolute Gasteiger partial charge is 0.276 e. The zero-order valence-corrected chi connectivity index (χ0v) is 11.5. The van der Waals surface area contributed by atoms with Crippen molar-refractivity contribution in [2.24, 2.45) is 0 Å². The summed E-state index contributed by atoms with van der Waals surface area (Å²) in [5.74, 6) is 0.356. The number of ether oxygens (including phenoxy) is 1. The summed E-state index contributed by atoms with van der Waals surface area (Å²) in [7, 11) is 0. The maximum atomic E-state index is 10.9. The number of nitro groups is 1. The molecule has 1 aromatic heterocycles. The van der Waals surface area contributed by atoms with Crippen LogP contribution in [0.15, 0.2) is 18.5 Å². The van der Waals surface area contributed by atoms with Crippen molar-refractivity contribution < 1.29 is 9.66 Å². The summed E-state index contributed by atoms with van der Waals surface area (Å²) >= 11 is 5.76. The molecule has 0 saturated heterocycles. The quantitative estimate of drug-likeness (QED) is 0.530. The molecule has 0 aliphatic heterocycles. The SMILES string of the molecule is Cc1cc(C)c([N+](=O)[O-])cc1Oc1ncnc(Cl)c1N. The van der Waals surface area contributed by atoms with Crippen LogP contribution >= 0.6 is 11.6 Å². The topological polar surface area (TPSA) is 104 Å². The van der Waals surface area contributed by atoms with Crippen LogP contribution in [0.1, 0.15) is 11.1 Å². The molecule has 7 nitrogen and oxygen atoms in total. The molecule has 2 rings (SSSR count). The normalized spacial score (nSPS) is 10.3. The van der Waals surface area contributed by atoms with Gasteiger partial charge in [0.15, 0.2) is 5.15 Å². The first-order valence-corrected chi connectivity index (χ1v) is 5.97. The molecule has 0 saturated carbocycles. The first-order valence-electron chi connectivity index (χ1n) is 5.59. The van der Waals surface area contributed by atoms with Gasteiger partial charge in [-0.3, -0.25) is 10.1 Å². The highest BCUT2D eigenvalue weighted by atomic mass is 35.5. The number of hydrogen-bond acceptors (Lipinski definition) is 6. The van der Waals surface area contributed by atoms with Crippen LogP contribution in [0.2, 0.25) is 5.15 Å². The van der Waals surface area contributed by atoms with E-state index in [0.29, 0.717) is 11.3 Å². The molecule has 0 spiro atoms. The number of nitrogens with zero attached hydrogens (tertiary/aromatic N) is 3. The Morgan fingerprint density at radius 2 is 2.00 bits per heavy atom. The van der Waals surface area contributed by atoms with Crippen molar-refractivity contribution in [3.8, 4) is 11.6 Å². The Hall–Kier alpha value is -2.41. The number of halogens is 1. The van der Waals surface area contributed by atoms with Crippen LogP contribution in [0.5, 0.6) is 11.6 Å². The molecule has 2 N–H and O–H groups in total. The van der Waals surface area contributed by atoms with Gasteiger partial charge in [0.2, 0.25) is 5.88 Å². The number of aryl methyl sites for hydroxylation is 2. The van der Waals surface area contributed by atoms with E-state index >= 15 is 0 Å². The Morgan fingerprint density at radius 1 is 1.30 bits per heavy atom. The number of hydrogen-bond donors (Lipinski definition) is 1. The summed E-state index contributed by atoms with van der Waals surface area (Å²) in [6, 6.07) is 2.99. The number of nitrogens with two attached hydrogens (primary N) is 1. The molecule has 1 aromatic carbocycles. The lowest BCUT2D eigenvalue weighted by molar-refractivity contribution is -0.385. The molecule has 104 valence electrons. The Morgan fingerprint density at radius 3 is 2.65 bits per heavy atom. The molecule has 0 atom stereocenters. The third kappa shape index (κ3) is 2.62. The summed E-state index contributed by atoms with van der Waals surface area (Å²) in [6.45, 7) is 3.43. The number of aromatic nitrogens is 2. The van der Waals surface area contributed by atoms with Gasteiger partial charge in [-0.05, 0) is 25.5 Å². The lowest BCUT2D eigenvalue weighted by atomic mass is 10.1. The van der Waals surface area contributed by atoms with Crippen molar-refractivity contribution in [3.05, 3.63) is 44.9 Å². The number of nitro benzene ring substituents is 1. The van der Waals surface area contributed by atoms with Crippen LogP contribution in [0, 0.1) is 24.0 Å². The minimum atomic E-state index is -0.474. The molecule has 0 bridgehead atoms. The van der Waals surface area contributed by atoms with Gasteiger partial charge >= 0.3 is 0 Å². The Bertz CT molecular complexity index is 691. The van der Waals surface area contributed by atoms with E-state index in [0.717, 1.165) is 5.56 Å². The second-order valence-corrected chi connectivity index (χ2v) is 4.50. The van der Waals surface area contributed by atoms with Crippen molar-refractivity contribution in [2.75, 3.05) is 5.73 Å². The Labute approximate surface area is 119 Å². The molecule has 0 aliphatic rings. The minimum Gasteiger partial charge on any atom is -0.436 e. The van der Waals surface area contributed by atoms with Crippen LogP contribution in [-0.4, -0.2) is 14.9 Å². The summed E-state index contributed by atoms with van der Waals surface area (Å²) in [6.07, 6.45) is 1.20. The maximum absolute atomic E-state index is 10.9. The molecule has 20 heavy (non-hydrogen) atoms. The number of rotatable bonds is 3. The standard InChI is InChI=1S/C12H11ClN4O3/c1-6-3-7(2)9(4-8(6)17(18)19)20-12-10(14)11(13)15-5-16-12/h3-5H,14H2,1-2H3. The van der Waals surface area contributed by atoms with Crippen LogP contribution in [-0.2, 0) is 0 Å². The highest BCUT2D eigenvalue weighted by Crippen LogP contribution is 2.34. The van der Waals surface area contributed by atoms with Crippen LogP contribution < -0.4 is 10.5 Å². The first kappa shape index (κ1) is 14.0. The molecule has 0 fully saturated rings. The lowest BCUT2D eigenvalue weighted by Gasteiger charge is -2.10. The van der Waals surface area contributed by atoms with E-state index in [9.17, 15) is 10.1 Å². The van der Waals surface area contributed by atoms with E-state index < -0.39 is 4.92 Å². The fourth-order valence-corrected chi connectivity index (χ4v) is 1.80. The third-order valence-electron chi connectivity index (χ3n) is 2.70. The molecule has 2 aromatic rings. The lowest BCUT2D eigenvalue weighted by Crippen LogP contribution is -2.00. The summed E-state index contributed by atoms with van der Waals surface area (Å²) < 4.78 is 5.50. The van der Waals surface area contributed by atoms with Gasteiger partial charge in [0.05, 0.1) is 11.0 Å². The van der Waals surface area contributed by atoms with Crippen LogP contribution in [0.4, 0.5) is 11.4 Å². The molecule has 0 aliphatic carbocycles. The second-order valence-electron chi connectivity index (χ2n) is 4.15. The molecule has 1 heterocycles. The fourth-order valence-electron chi connectivity index (χ4n) is 1.67. The summed E-state index contributed by atoms with van der Waals surface area (Å²) in [4.78, 5) is 18.0. The van der Waals surface area contributed by atoms with Crippen molar-refractivity contribution in [1.29, 1.82) is 0 Å². The average molecular weight is 295 g/mol. The Balaban J connectivity index is 2.46. The van der Waals surface area contributed by atoms with E-state index in [4.69, 9.17) is 22.1 Å². The average Bonchev–Trinajstić information content (AvgIpc) is 2.37. The molecular formula is C12H11ClN4O3. The van der Waals surface area contributed by atoms with Crippen molar-refractivity contribution >= 4 is 23.0 Å². The van der Waals surface area contributed by atoms with Gasteiger partial charge in [-0.2, -0.15) is 4.98 Å². The van der Waals surface area contributed by atoms with Gasteiger partial charge < -0.3 is 10.5 Å². The third-order valence-corrected chi connectivity index (χ3v) is 3.00. The Kier molecular flexibility index (Phi) is 3.71. The molecule has 0 radical (unpaired) electrons. The van der Waals surface area contributed by atoms with Crippen molar-refractivity contribution in [1.82, 2.24) is 9.97 Å². The molecule has 0 amide bonds. The van der Waals surface area contributed by atoms with Crippen LogP contribution in [0.25, 0.3) is 0 Å². The van der Waals surface area contributed by atoms with Crippen molar-refractivity contribution in [3.63, 3.8) is 0 Å². The highest BCUT2D eigenvalue weighted by molar-refractivity contribution is 6.32. The first-order chi connectivity index (χ1) is 9.40. The van der Waals surface area contributed by atoms with E-state index in [2.05, 4.69) is 9.97 Å². The highest BCUT2D eigenvalue weighted by Gasteiger charge is 2.16. The number of nitrogen functional groups attached to an aromatic ring is 1. The summed E-state index contributed by atoms with van der Waals surface area (Å²) in [5, 5.41) is 11.0.